The Balaban J connectivity index is 0.00000225. The summed E-state index contributed by atoms with van der Waals surface area (Å²) in [6.07, 6.45) is 5.33. The second-order valence-electron chi connectivity index (χ2n) is 4.21. The Morgan fingerprint density at radius 3 is 2.69 bits per heavy atom. The molecule has 0 spiro atoms. The normalized spacial score (nSPS) is 17.9. The molecule has 1 rings (SSSR count). The van der Waals surface area contributed by atoms with Crippen molar-refractivity contribution in [1.82, 2.24) is 5.32 Å². The number of ether oxygens (including phenoxy) is 1. The van der Waals surface area contributed by atoms with Gasteiger partial charge in [0.1, 0.15) is 0 Å². The predicted molar refractivity (Wildman–Crippen MR) is 66.7 cm³/mol. The van der Waals surface area contributed by atoms with Crippen LogP contribution in [0.2, 0.25) is 0 Å². The molecule has 0 radical (unpaired) electrons. The lowest BCUT2D eigenvalue weighted by atomic mass is 10.2. The zero-order valence-corrected chi connectivity index (χ0v) is 10.7. The fourth-order valence-electron chi connectivity index (χ4n) is 1.74. The van der Waals surface area contributed by atoms with E-state index in [2.05, 4.69) is 5.32 Å². The van der Waals surface area contributed by atoms with Gasteiger partial charge in [-0.3, -0.25) is 4.79 Å². The van der Waals surface area contributed by atoms with Gasteiger partial charge >= 0.3 is 0 Å². The number of halogens is 1. The Hall–Kier alpha value is -0.320. The van der Waals surface area contributed by atoms with Crippen molar-refractivity contribution in [2.75, 3.05) is 19.7 Å². The fraction of sp³-hybridized carbons (Fsp3) is 0.909. The smallest absolute Gasteiger partial charge is 0.224 e. The lowest BCUT2D eigenvalue weighted by Crippen LogP contribution is -2.35. The van der Waals surface area contributed by atoms with Crippen molar-refractivity contribution >= 4 is 18.3 Å². The van der Waals surface area contributed by atoms with Crippen molar-refractivity contribution in [3.05, 3.63) is 0 Å². The molecule has 0 bridgehead atoms. The molecule has 1 atom stereocenters. The summed E-state index contributed by atoms with van der Waals surface area (Å²) in [6, 6.07) is 0. The van der Waals surface area contributed by atoms with E-state index >= 15 is 0 Å². The van der Waals surface area contributed by atoms with Crippen molar-refractivity contribution in [3.8, 4) is 0 Å². The summed E-state index contributed by atoms with van der Waals surface area (Å²) < 4.78 is 5.62. The van der Waals surface area contributed by atoms with Crippen LogP contribution in [0.15, 0.2) is 0 Å². The summed E-state index contributed by atoms with van der Waals surface area (Å²) in [5, 5.41) is 2.81. The van der Waals surface area contributed by atoms with E-state index < -0.39 is 0 Å². The molecular weight excluding hydrogens is 228 g/mol. The number of rotatable bonds is 6. The molecule has 0 aromatic heterocycles. The van der Waals surface area contributed by atoms with E-state index in [-0.39, 0.29) is 24.2 Å². The molecule has 96 valence electrons. The van der Waals surface area contributed by atoms with Gasteiger partial charge in [-0.25, -0.2) is 0 Å². The Bertz CT molecular complexity index is 196. The molecule has 16 heavy (non-hydrogen) atoms. The maximum Gasteiger partial charge on any atom is 0.224 e. The van der Waals surface area contributed by atoms with E-state index in [1.807, 2.05) is 6.92 Å². The highest BCUT2D eigenvalue weighted by atomic mass is 35.5. The van der Waals surface area contributed by atoms with Crippen LogP contribution in [0.5, 0.6) is 0 Å². The largest absolute Gasteiger partial charge is 0.376 e. The van der Waals surface area contributed by atoms with Crippen molar-refractivity contribution < 1.29 is 9.53 Å². The van der Waals surface area contributed by atoms with Crippen LogP contribution in [0.4, 0.5) is 0 Å². The van der Waals surface area contributed by atoms with Gasteiger partial charge in [-0.1, -0.05) is 19.8 Å². The van der Waals surface area contributed by atoms with Crippen LogP contribution in [0.1, 0.15) is 32.6 Å². The first-order valence-corrected chi connectivity index (χ1v) is 5.83. The summed E-state index contributed by atoms with van der Waals surface area (Å²) in [4.78, 5) is 11.3. The minimum absolute atomic E-state index is 0. The van der Waals surface area contributed by atoms with E-state index in [0.29, 0.717) is 25.8 Å². The molecule has 1 fully saturated rings. The number of nitrogens with two attached hydrogens (primary N) is 1. The molecule has 4 nitrogen and oxygen atoms in total. The van der Waals surface area contributed by atoms with Crippen molar-refractivity contribution in [2.24, 2.45) is 11.7 Å². The molecule has 0 aliphatic heterocycles. The summed E-state index contributed by atoms with van der Waals surface area (Å²) in [5.41, 5.74) is 5.38. The van der Waals surface area contributed by atoms with Crippen LogP contribution >= 0.6 is 12.4 Å². The van der Waals surface area contributed by atoms with E-state index in [0.717, 1.165) is 0 Å². The van der Waals surface area contributed by atoms with Gasteiger partial charge in [-0.2, -0.15) is 0 Å². The number of hydrogen-bond acceptors (Lipinski definition) is 3. The first-order chi connectivity index (χ1) is 7.24. The summed E-state index contributed by atoms with van der Waals surface area (Å²) >= 11 is 0. The number of hydrogen-bond donors (Lipinski definition) is 2. The zero-order chi connectivity index (χ0) is 11.1. The Kier molecular flexibility index (Phi) is 8.61. The maximum absolute atomic E-state index is 11.3. The van der Waals surface area contributed by atoms with Gasteiger partial charge in [0.05, 0.1) is 12.7 Å². The minimum Gasteiger partial charge on any atom is -0.376 e. The van der Waals surface area contributed by atoms with Crippen LogP contribution in [0, 0.1) is 5.92 Å². The molecule has 1 unspecified atom stereocenters. The second-order valence-corrected chi connectivity index (χ2v) is 4.21. The van der Waals surface area contributed by atoms with Crippen LogP contribution in [0.25, 0.3) is 0 Å². The minimum atomic E-state index is -0.100. The monoisotopic (exact) mass is 250 g/mol. The lowest BCUT2D eigenvalue weighted by molar-refractivity contribution is -0.124. The third-order valence-corrected chi connectivity index (χ3v) is 2.86. The van der Waals surface area contributed by atoms with Crippen LogP contribution < -0.4 is 11.1 Å². The first kappa shape index (κ1) is 15.7. The second kappa shape index (κ2) is 8.79. The van der Waals surface area contributed by atoms with E-state index in [1.165, 1.54) is 25.7 Å². The molecule has 1 aliphatic carbocycles. The van der Waals surface area contributed by atoms with Crippen LogP contribution in [0.3, 0.4) is 0 Å². The Morgan fingerprint density at radius 2 is 2.12 bits per heavy atom. The highest BCUT2D eigenvalue weighted by Gasteiger charge is 2.15. The SMILES string of the molecule is CC(CN)C(=O)NCCOC1CCCC1.Cl. The van der Waals surface area contributed by atoms with Crippen LogP contribution in [-0.2, 0) is 9.53 Å². The topological polar surface area (TPSA) is 64.4 Å². The molecule has 1 aliphatic rings. The number of carbonyl (C=O) groups excluding carboxylic acids is 1. The molecule has 5 heteroatoms. The van der Waals surface area contributed by atoms with Crippen LogP contribution in [-0.4, -0.2) is 31.7 Å². The summed E-state index contributed by atoms with van der Waals surface area (Å²) in [5.74, 6) is -0.0796. The van der Waals surface area contributed by atoms with Crippen molar-refractivity contribution in [3.63, 3.8) is 0 Å². The molecule has 0 aromatic rings. The van der Waals surface area contributed by atoms with E-state index in [4.69, 9.17) is 10.5 Å². The van der Waals surface area contributed by atoms with Gasteiger partial charge in [0, 0.05) is 19.0 Å². The van der Waals surface area contributed by atoms with Gasteiger partial charge in [0.2, 0.25) is 5.91 Å². The number of nitrogens with one attached hydrogen (secondary N) is 1. The molecule has 0 heterocycles. The molecular formula is C11H23ClN2O2. The number of amides is 1. The van der Waals surface area contributed by atoms with Crippen molar-refractivity contribution in [1.29, 1.82) is 0 Å². The zero-order valence-electron chi connectivity index (χ0n) is 9.91. The molecule has 3 N–H and O–H groups in total. The third kappa shape index (κ3) is 5.68. The standard InChI is InChI=1S/C11H22N2O2.ClH/c1-9(8-12)11(14)13-6-7-15-10-4-2-3-5-10;/h9-10H,2-8,12H2,1H3,(H,13,14);1H. The van der Waals surface area contributed by atoms with Gasteiger partial charge in [-0.15, -0.1) is 12.4 Å². The van der Waals surface area contributed by atoms with Crippen molar-refractivity contribution in [2.45, 2.75) is 38.7 Å². The highest BCUT2D eigenvalue weighted by Crippen LogP contribution is 2.20. The summed E-state index contributed by atoms with van der Waals surface area (Å²) in [6.45, 7) is 3.44. The van der Waals surface area contributed by atoms with Gasteiger partial charge in [0.25, 0.3) is 0 Å². The average Bonchev–Trinajstić information content (AvgIpc) is 2.75. The van der Waals surface area contributed by atoms with E-state index in [1.54, 1.807) is 0 Å². The lowest BCUT2D eigenvalue weighted by Gasteiger charge is -2.13. The molecule has 0 saturated heterocycles. The molecule has 0 aromatic carbocycles. The van der Waals surface area contributed by atoms with E-state index in [9.17, 15) is 4.79 Å². The Morgan fingerprint density at radius 1 is 1.50 bits per heavy atom. The first-order valence-electron chi connectivity index (χ1n) is 5.83. The fourth-order valence-corrected chi connectivity index (χ4v) is 1.74. The molecule has 1 amide bonds. The highest BCUT2D eigenvalue weighted by molar-refractivity contribution is 5.85. The number of carbonyl (C=O) groups is 1. The Labute approximate surface area is 104 Å². The average molecular weight is 251 g/mol. The van der Waals surface area contributed by atoms with Gasteiger partial charge in [0.15, 0.2) is 0 Å². The van der Waals surface area contributed by atoms with Gasteiger partial charge < -0.3 is 15.8 Å². The quantitative estimate of drug-likeness (QED) is 0.694. The third-order valence-electron chi connectivity index (χ3n) is 2.86. The predicted octanol–water partition coefficient (Wildman–Crippen LogP) is 1.08. The summed E-state index contributed by atoms with van der Waals surface area (Å²) in [7, 11) is 0. The molecule has 1 saturated carbocycles. The maximum atomic E-state index is 11.3. The van der Waals surface area contributed by atoms with Gasteiger partial charge in [-0.05, 0) is 12.8 Å².